The number of thiophene rings is 2. The fourth-order valence-corrected chi connectivity index (χ4v) is 3.56. The third-order valence-corrected chi connectivity index (χ3v) is 4.53. The highest BCUT2D eigenvalue weighted by Crippen LogP contribution is 2.33. The summed E-state index contributed by atoms with van der Waals surface area (Å²) >= 11 is 9.37. The number of hydrogen-bond donors (Lipinski definition) is 1. The van der Waals surface area contributed by atoms with Crippen molar-refractivity contribution in [3.05, 3.63) is 43.2 Å². The summed E-state index contributed by atoms with van der Waals surface area (Å²) in [6.07, 6.45) is 0. The van der Waals surface area contributed by atoms with Crippen molar-refractivity contribution in [2.24, 2.45) is 0 Å². The number of rotatable bonds is 3. The summed E-state index contributed by atoms with van der Waals surface area (Å²) in [6.45, 7) is 2.15. The monoisotopic (exact) mass is 257 g/mol. The zero-order valence-corrected chi connectivity index (χ0v) is 11.0. The van der Waals surface area contributed by atoms with Gasteiger partial charge in [-0.25, -0.2) is 0 Å². The molecule has 80 valence electrons. The van der Waals surface area contributed by atoms with Crippen LogP contribution < -0.4 is 5.32 Å². The lowest BCUT2D eigenvalue weighted by Crippen LogP contribution is -2.16. The second-order valence-electron chi connectivity index (χ2n) is 3.30. The number of hydrogen-bond acceptors (Lipinski definition) is 3. The summed E-state index contributed by atoms with van der Waals surface area (Å²) < 4.78 is 0.845. The molecular formula is C11H12ClNS2. The molecule has 15 heavy (non-hydrogen) atoms. The van der Waals surface area contributed by atoms with E-state index in [1.165, 1.54) is 15.3 Å². The van der Waals surface area contributed by atoms with Crippen LogP contribution in [0, 0.1) is 6.92 Å². The Balaban J connectivity index is 2.36. The molecule has 0 bridgehead atoms. The van der Waals surface area contributed by atoms with Gasteiger partial charge in [0.1, 0.15) is 0 Å². The summed E-state index contributed by atoms with van der Waals surface area (Å²) in [5, 5.41) is 5.46. The third kappa shape index (κ3) is 2.26. The lowest BCUT2D eigenvalue weighted by atomic mass is 10.1. The largest absolute Gasteiger partial charge is 0.309 e. The second kappa shape index (κ2) is 4.66. The van der Waals surface area contributed by atoms with Gasteiger partial charge >= 0.3 is 0 Å². The molecule has 2 aromatic rings. The summed E-state index contributed by atoms with van der Waals surface area (Å²) in [6, 6.07) is 6.49. The van der Waals surface area contributed by atoms with E-state index in [4.69, 9.17) is 11.6 Å². The highest BCUT2D eigenvalue weighted by atomic mass is 35.5. The molecule has 2 rings (SSSR count). The molecule has 0 fully saturated rings. The third-order valence-electron chi connectivity index (χ3n) is 2.38. The molecule has 0 aliphatic rings. The molecule has 0 radical (unpaired) electrons. The van der Waals surface area contributed by atoms with Gasteiger partial charge in [-0.15, -0.1) is 22.7 Å². The van der Waals surface area contributed by atoms with Crippen LogP contribution in [0.2, 0.25) is 4.34 Å². The van der Waals surface area contributed by atoms with Gasteiger partial charge in [-0.1, -0.05) is 11.6 Å². The molecule has 0 aromatic carbocycles. The van der Waals surface area contributed by atoms with E-state index >= 15 is 0 Å². The first kappa shape index (κ1) is 11.1. The van der Waals surface area contributed by atoms with Crippen LogP contribution >= 0.6 is 34.3 Å². The molecule has 0 aliphatic heterocycles. The van der Waals surface area contributed by atoms with Gasteiger partial charge in [-0.2, -0.15) is 0 Å². The zero-order valence-electron chi connectivity index (χ0n) is 8.58. The van der Waals surface area contributed by atoms with Gasteiger partial charge in [-0.3, -0.25) is 0 Å². The maximum absolute atomic E-state index is 5.96. The number of aryl methyl sites for hydroxylation is 1. The SMILES string of the molecule is CNC(c1ccc(Cl)s1)c1ccsc1C. The average molecular weight is 258 g/mol. The quantitative estimate of drug-likeness (QED) is 0.874. The van der Waals surface area contributed by atoms with Crippen LogP contribution in [0.5, 0.6) is 0 Å². The predicted molar refractivity (Wildman–Crippen MR) is 69.3 cm³/mol. The molecule has 0 saturated heterocycles. The van der Waals surface area contributed by atoms with Gasteiger partial charge in [0.05, 0.1) is 10.4 Å². The van der Waals surface area contributed by atoms with Gasteiger partial charge in [0, 0.05) is 9.75 Å². The summed E-state index contributed by atoms with van der Waals surface area (Å²) in [4.78, 5) is 2.63. The fraction of sp³-hybridized carbons (Fsp3) is 0.273. The van der Waals surface area contributed by atoms with Crippen LogP contribution in [0.3, 0.4) is 0 Å². The minimum absolute atomic E-state index is 0.272. The van der Waals surface area contributed by atoms with Crippen molar-refractivity contribution in [1.29, 1.82) is 0 Å². The van der Waals surface area contributed by atoms with E-state index in [0.717, 1.165) is 4.34 Å². The van der Waals surface area contributed by atoms with Crippen LogP contribution in [0.4, 0.5) is 0 Å². The summed E-state index contributed by atoms with van der Waals surface area (Å²) in [5.41, 5.74) is 1.35. The summed E-state index contributed by atoms with van der Waals surface area (Å²) in [7, 11) is 1.98. The smallest absolute Gasteiger partial charge is 0.0931 e. The fourth-order valence-electron chi connectivity index (χ4n) is 1.63. The minimum atomic E-state index is 0.272. The Morgan fingerprint density at radius 3 is 2.60 bits per heavy atom. The van der Waals surface area contributed by atoms with Crippen molar-refractivity contribution < 1.29 is 0 Å². The Morgan fingerprint density at radius 1 is 1.33 bits per heavy atom. The zero-order chi connectivity index (χ0) is 10.8. The van der Waals surface area contributed by atoms with Gasteiger partial charge < -0.3 is 5.32 Å². The van der Waals surface area contributed by atoms with Crippen LogP contribution in [0.1, 0.15) is 21.4 Å². The Morgan fingerprint density at radius 2 is 2.13 bits per heavy atom. The molecule has 0 spiro atoms. The molecule has 1 unspecified atom stereocenters. The van der Waals surface area contributed by atoms with Crippen molar-refractivity contribution in [2.45, 2.75) is 13.0 Å². The van der Waals surface area contributed by atoms with E-state index in [2.05, 4.69) is 29.8 Å². The van der Waals surface area contributed by atoms with E-state index in [-0.39, 0.29) is 6.04 Å². The normalized spacial score (nSPS) is 13.0. The predicted octanol–water partition coefficient (Wildman–Crippen LogP) is 4.08. The maximum Gasteiger partial charge on any atom is 0.0931 e. The molecule has 2 aromatic heterocycles. The van der Waals surface area contributed by atoms with Gasteiger partial charge in [0.15, 0.2) is 0 Å². The van der Waals surface area contributed by atoms with Crippen LogP contribution in [0.25, 0.3) is 0 Å². The molecule has 0 aliphatic carbocycles. The minimum Gasteiger partial charge on any atom is -0.309 e. The second-order valence-corrected chi connectivity index (χ2v) is 6.16. The van der Waals surface area contributed by atoms with Crippen LogP contribution in [-0.2, 0) is 0 Å². The summed E-state index contributed by atoms with van der Waals surface area (Å²) in [5.74, 6) is 0. The van der Waals surface area contributed by atoms with Crippen molar-refractivity contribution in [2.75, 3.05) is 7.05 Å². The van der Waals surface area contributed by atoms with E-state index in [1.807, 2.05) is 13.1 Å². The number of nitrogens with one attached hydrogen (secondary N) is 1. The van der Waals surface area contributed by atoms with Gasteiger partial charge in [0.2, 0.25) is 0 Å². The first-order valence-electron chi connectivity index (χ1n) is 4.69. The molecule has 0 saturated carbocycles. The molecular weight excluding hydrogens is 246 g/mol. The van der Waals surface area contributed by atoms with Crippen molar-refractivity contribution in [1.82, 2.24) is 5.32 Å². The average Bonchev–Trinajstić information content (AvgIpc) is 2.79. The Bertz CT molecular complexity index is 447. The highest BCUT2D eigenvalue weighted by Gasteiger charge is 2.16. The van der Waals surface area contributed by atoms with Crippen molar-refractivity contribution >= 4 is 34.3 Å². The van der Waals surface area contributed by atoms with Gasteiger partial charge in [0.25, 0.3) is 0 Å². The molecule has 4 heteroatoms. The molecule has 1 N–H and O–H groups in total. The van der Waals surface area contributed by atoms with Crippen LogP contribution in [0.15, 0.2) is 23.6 Å². The standard InChI is InChI=1S/C11H12ClNS2/c1-7-8(5-6-14-7)11(13-2)9-3-4-10(12)15-9/h3-6,11,13H,1-2H3. The maximum atomic E-state index is 5.96. The topological polar surface area (TPSA) is 12.0 Å². The Hall–Kier alpha value is -0.350. The first-order valence-corrected chi connectivity index (χ1v) is 6.76. The van der Waals surface area contributed by atoms with Gasteiger partial charge in [-0.05, 0) is 43.1 Å². The first-order chi connectivity index (χ1) is 7.22. The lowest BCUT2D eigenvalue weighted by molar-refractivity contribution is 0.703. The van der Waals surface area contributed by atoms with E-state index in [9.17, 15) is 0 Å². The van der Waals surface area contributed by atoms with Crippen molar-refractivity contribution in [3.63, 3.8) is 0 Å². The molecule has 0 amide bonds. The number of halogens is 1. The van der Waals surface area contributed by atoms with E-state index < -0.39 is 0 Å². The highest BCUT2D eigenvalue weighted by molar-refractivity contribution is 7.16. The molecule has 2 heterocycles. The lowest BCUT2D eigenvalue weighted by Gasteiger charge is -2.14. The Kier molecular flexibility index (Phi) is 3.46. The van der Waals surface area contributed by atoms with Crippen LogP contribution in [-0.4, -0.2) is 7.05 Å². The molecule has 1 nitrogen and oxygen atoms in total. The van der Waals surface area contributed by atoms with E-state index in [0.29, 0.717) is 0 Å². The Labute approximate surface area is 103 Å². The molecule has 1 atom stereocenters. The van der Waals surface area contributed by atoms with Crippen molar-refractivity contribution in [3.8, 4) is 0 Å². The van der Waals surface area contributed by atoms with E-state index in [1.54, 1.807) is 22.7 Å².